The zero-order valence-corrected chi connectivity index (χ0v) is 11.8. The van der Waals surface area contributed by atoms with Gasteiger partial charge < -0.3 is 10.1 Å². The second kappa shape index (κ2) is 5.71. The van der Waals surface area contributed by atoms with Gasteiger partial charge >= 0.3 is 0 Å². The fourth-order valence-corrected chi connectivity index (χ4v) is 3.30. The van der Waals surface area contributed by atoms with E-state index >= 15 is 0 Å². The molecule has 2 fully saturated rings. The van der Waals surface area contributed by atoms with Gasteiger partial charge in [-0.25, -0.2) is 0 Å². The Labute approximate surface area is 107 Å². The molecule has 1 saturated heterocycles. The van der Waals surface area contributed by atoms with E-state index in [4.69, 9.17) is 4.74 Å². The molecule has 100 valence electrons. The third kappa shape index (κ3) is 3.96. The molecule has 1 aliphatic heterocycles. The summed E-state index contributed by atoms with van der Waals surface area (Å²) in [7, 11) is 0. The van der Waals surface area contributed by atoms with Crippen LogP contribution in [0.2, 0.25) is 0 Å². The molecule has 2 atom stereocenters. The Hall–Kier alpha value is -0.0800. The summed E-state index contributed by atoms with van der Waals surface area (Å²) < 4.78 is 5.31. The van der Waals surface area contributed by atoms with Gasteiger partial charge in [-0.05, 0) is 31.1 Å². The fraction of sp³-hybridized carbons (Fsp3) is 1.00. The van der Waals surface area contributed by atoms with E-state index in [1.165, 1.54) is 32.1 Å². The molecule has 2 unspecified atom stereocenters. The topological polar surface area (TPSA) is 21.3 Å². The van der Waals surface area contributed by atoms with Gasteiger partial charge in [0.25, 0.3) is 0 Å². The lowest BCUT2D eigenvalue weighted by Crippen LogP contribution is -2.50. The Kier molecular flexibility index (Phi) is 4.48. The van der Waals surface area contributed by atoms with Gasteiger partial charge in [-0.2, -0.15) is 0 Å². The van der Waals surface area contributed by atoms with E-state index in [0.29, 0.717) is 5.41 Å². The lowest BCUT2D eigenvalue weighted by molar-refractivity contribution is -0.101. The van der Waals surface area contributed by atoms with Crippen LogP contribution in [-0.2, 0) is 4.74 Å². The van der Waals surface area contributed by atoms with Gasteiger partial charge in [-0.1, -0.05) is 33.6 Å². The maximum Gasteiger partial charge on any atom is 0.0554 e. The van der Waals surface area contributed by atoms with Crippen molar-refractivity contribution in [2.45, 2.75) is 58.9 Å². The number of ether oxygens (including phenoxy) is 1. The van der Waals surface area contributed by atoms with Crippen molar-refractivity contribution in [2.24, 2.45) is 17.3 Å². The zero-order valence-electron chi connectivity index (χ0n) is 11.8. The Bertz CT molecular complexity index is 235. The minimum Gasteiger partial charge on any atom is -0.380 e. The molecule has 0 aromatic heterocycles. The minimum atomic E-state index is 0.422. The summed E-state index contributed by atoms with van der Waals surface area (Å²) >= 11 is 0. The van der Waals surface area contributed by atoms with Crippen molar-refractivity contribution in [1.82, 2.24) is 5.32 Å². The normalized spacial score (nSPS) is 32.5. The van der Waals surface area contributed by atoms with Crippen LogP contribution in [-0.4, -0.2) is 25.8 Å². The van der Waals surface area contributed by atoms with E-state index in [9.17, 15) is 0 Å². The molecule has 0 radical (unpaired) electrons. The summed E-state index contributed by atoms with van der Waals surface area (Å²) in [5.41, 5.74) is 0.422. The highest BCUT2D eigenvalue weighted by molar-refractivity contribution is 4.86. The molecule has 0 spiro atoms. The van der Waals surface area contributed by atoms with Crippen LogP contribution in [0.4, 0.5) is 0 Å². The molecule has 0 aromatic carbocycles. The Morgan fingerprint density at radius 3 is 2.65 bits per heavy atom. The van der Waals surface area contributed by atoms with Crippen LogP contribution in [0.1, 0.15) is 52.9 Å². The van der Waals surface area contributed by atoms with E-state index in [1.807, 2.05) is 0 Å². The molecule has 2 nitrogen and oxygen atoms in total. The number of hydrogen-bond donors (Lipinski definition) is 1. The molecule has 1 heterocycles. The van der Waals surface area contributed by atoms with Crippen molar-refractivity contribution >= 4 is 0 Å². The smallest absolute Gasteiger partial charge is 0.0554 e. The van der Waals surface area contributed by atoms with Crippen molar-refractivity contribution in [3.05, 3.63) is 0 Å². The average Bonchev–Trinajstić information content (AvgIpc) is 2.23. The van der Waals surface area contributed by atoms with Crippen LogP contribution in [0, 0.1) is 17.3 Å². The summed E-state index contributed by atoms with van der Waals surface area (Å²) in [6.07, 6.45) is 7.07. The predicted molar refractivity (Wildman–Crippen MR) is 72.1 cm³/mol. The fourth-order valence-electron chi connectivity index (χ4n) is 3.30. The first-order chi connectivity index (χ1) is 8.07. The highest BCUT2D eigenvalue weighted by Gasteiger charge is 2.34. The Balaban J connectivity index is 1.69. The van der Waals surface area contributed by atoms with Crippen LogP contribution < -0.4 is 5.32 Å². The summed E-state index contributed by atoms with van der Waals surface area (Å²) in [6, 6.07) is 0.768. The van der Waals surface area contributed by atoms with Crippen LogP contribution in [0.25, 0.3) is 0 Å². The van der Waals surface area contributed by atoms with Gasteiger partial charge in [-0.15, -0.1) is 0 Å². The van der Waals surface area contributed by atoms with Gasteiger partial charge in [0, 0.05) is 18.0 Å². The summed E-state index contributed by atoms with van der Waals surface area (Å²) in [5, 5.41) is 3.79. The second-order valence-corrected chi connectivity index (χ2v) is 7.04. The zero-order chi connectivity index (χ0) is 12.3. The first-order valence-corrected chi connectivity index (χ1v) is 7.38. The van der Waals surface area contributed by atoms with E-state index in [0.717, 1.165) is 37.6 Å². The minimum absolute atomic E-state index is 0.422. The lowest BCUT2D eigenvalue weighted by Gasteiger charge is -2.40. The molecule has 0 amide bonds. The molecule has 2 rings (SSSR count). The Morgan fingerprint density at radius 2 is 2.06 bits per heavy atom. The molecule has 2 heteroatoms. The summed E-state index contributed by atoms with van der Waals surface area (Å²) in [4.78, 5) is 0. The van der Waals surface area contributed by atoms with Crippen molar-refractivity contribution in [3.63, 3.8) is 0 Å². The highest BCUT2D eigenvalue weighted by atomic mass is 16.5. The molecular formula is C15H29NO. The van der Waals surface area contributed by atoms with Crippen molar-refractivity contribution < 1.29 is 4.74 Å². The Morgan fingerprint density at radius 1 is 1.29 bits per heavy atom. The van der Waals surface area contributed by atoms with Gasteiger partial charge in [0.1, 0.15) is 0 Å². The lowest BCUT2D eigenvalue weighted by atomic mass is 9.80. The summed E-state index contributed by atoms with van der Waals surface area (Å²) in [6.45, 7) is 10.1. The molecule has 1 saturated carbocycles. The van der Waals surface area contributed by atoms with E-state index in [1.54, 1.807) is 0 Å². The van der Waals surface area contributed by atoms with Crippen LogP contribution in [0.5, 0.6) is 0 Å². The quantitative estimate of drug-likeness (QED) is 0.795. The molecule has 17 heavy (non-hydrogen) atoms. The molecule has 1 aliphatic carbocycles. The molecular weight excluding hydrogens is 210 g/mol. The molecule has 1 N–H and O–H groups in total. The summed E-state index contributed by atoms with van der Waals surface area (Å²) in [5.74, 6) is 1.82. The SMILES string of the molecule is CC(C)CC1CCCC(NCC2(C)COC2)C1. The monoisotopic (exact) mass is 239 g/mol. The maximum absolute atomic E-state index is 5.31. The average molecular weight is 239 g/mol. The first-order valence-electron chi connectivity index (χ1n) is 7.38. The first kappa shape index (κ1) is 13.4. The van der Waals surface area contributed by atoms with E-state index in [2.05, 4.69) is 26.1 Å². The number of rotatable bonds is 5. The molecule has 0 bridgehead atoms. The van der Waals surface area contributed by atoms with Gasteiger partial charge in [0.05, 0.1) is 13.2 Å². The number of nitrogens with one attached hydrogen (secondary N) is 1. The number of hydrogen-bond acceptors (Lipinski definition) is 2. The molecule has 2 aliphatic rings. The van der Waals surface area contributed by atoms with Gasteiger partial charge in [0.15, 0.2) is 0 Å². The highest BCUT2D eigenvalue weighted by Crippen LogP contribution is 2.31. The predicted octanol–water partition coefficient (Wildman–Crippen LogP) is 3.22. The van der Waals surface area contributed by atoms with Crippen molar-refractivity contribution in [1.29, 1.82) is 0 Å². The van der Waals surface area contributed by atoms with E-state index in [-0.39, 0.29) is 0 Å². The standard InChI is InChI=1S/C15H29NO/c1-12(2)7-13-5-4-6-14(8-13)16-9-15(3)10-17-11-15/h12-14,16H,4-11H2,1-3H3. The van der Waals surface area contributed by atoms with Gasteiger partial charge in [0.2, 0.25) is 0 Å². The largest absolute Gasteiger partial charge is 0.380 e. The third-order valence-corrected chi connectivity index (χ3v) is 4.31. The van der Waals surface area contributed by atoms with Crippen molar-refractivity contribution in [2.75, 3.05) is 19.8 Å². The van der Waals surface area contributed by atoms with Crippen LogP contribution in [0.15, 0.2) is 0 Å². The third-order valence-electron chi connectivity index (χ3n) is 4.31. The van der Waals surface area contributed by atoms with Gasteiger partial charge in [-0.3, -0.25) is 0 Å². The molecule has 0 aromatic rings. The van der Waals surface area contributed by atoms with Crippen molar-refractivity contribution in [3.8, 4) is 0 Å². The van der Waals surface area contributed by atoms with Crippen LogP contribution >= 0.6 is 0 Å². The van der Waals surface area contributed by atoms with Crippen LogP contribution in [0.3, 0.4) is 0 Å². The maximum atomic E-state index is 5.31. The van der Waals surface area contributed by atoms with E-state index < -0.39 is 0 Å². The second-order valence-electron chi connectivity index (χ2n) is 7.04.